The number of pyridine rings is 1. The van der Waals surface area contributed by atoms with Crippen LogP contribution in [-0.4, -0.2) is 15.5 Å². The van der Waals surface area contributed by atoms with Crippen LogP contribution in [-0.2, 0) is 19.1 Å². The number of hydrogen-bond donors (Lipinski definition) is 1. The molecule has 4 nitrogen and oxygen atoms in total. The van der Waals surface area contributed by atoms with E-state index in [2.05, 4.69) is 4.98 Å². The SMILES string of the molecule is CCn1cc(C(N)=O)c2c(Cc3ccc(C(F)(F)F)cc3)ccnc21. The van der Waals surface area contributed by atoms with E-state index in [0.29, 0.717) is 35.1 Å². The van der Waals surface area contributed by atoms with Crippen LogP contribution in [0.3, 0.4) is 0 Å². The Morgan fingerprint density at radius 3 is 2.44 bits per heavy atom. The second-order valence-corrected chi connectivity index (χ2v) is 5.73. The Hall–Kier alpha value is -2.83. The number of nitrogens with zero attached hydrogens (tertiary/aromatic N) is 2. The van der Waals surface area contributed by atoms with Gasteiger partial charge in [0.25, 0.3) is 5.91 Å². The predicted octanol–water partition coefficient (Wildman–Crippen LogP) is 3.76. The first-order valence-electron chi connectivity index (χ1n) is 7.74. The number of halogens is 3. The molecule has 2 aromatic heterocycles. The van der Waals surface area contributed by atoms with Crippen molar-refractivity contribution in [3.63, 3.8) is 0 Å². The molecule has 0 radical (unpaired) electrons. The number of alkyl halides is 3. The fourth-order valence-electron chi connectivity index (χ4n) is 2.89. The van der Waals surface area contributed by atoms with E-state index in [1.165, 1.54) is 12.1 Å². The Labute approximate surface area is 142 Å². The Balaban J connectivity index is 2.04. The van der Waals surface area contributed by atoms with Gasteiger partial charge < -0.3 is 10.3 Å². The fourth-order valence-corrected chi connectivity index (χ4v) is 2.89. The standard InChI is InChI=1S/C18H16F3N3O/c1-2-24-10-14(16(22)25)15-12(7-8-23-17(15)24)9-11-3-5-13(6-4-11)18(19,20)21/h3-8,10H,2,9H2,1H3,(H2,22,25). The molecule has 0 saturated carbocycles. The zero-order chi connectivity index (χ0) is 18.2. The first-order valence-corrected chi connectivity index (χ1v) is 7.74. The molecule has 0 spiro atoms. The number of rotatable bonds is 4. The van der Waals surface area contributed by atoms with Crippen LogP contribution in [0.15, 0.2) is 42.7 Å². The van der Waals surface area contributed by atoms with Crippen LogP contribution >= 0.6 is 0 Å². The summed E-state index contributed by atoms with van der Waals surface area (Å²) in [6, 6.07) is 6.75. The Morgan fingerprint density at radius 2 is 1.88 bits per heavy atom. The van der Waals surface area contributed by atoms with Crippen molar-refractivity contribution in [1.29, 1.82) is 0 Å². The molecular formula is C18H16F3N3O. The summed E-state index contributed by atoms with van der Waals surface area (Å²) >= 11 is 0. The first-order chi connectivity index (χ1) is 11.8. The normalized spacial score (nSPS) is 11.8. The van der Waals surface area contributed by atoms with Crippen LogP contribution in [0.2, 0.25) is 0 Å². The summed E-state index contributed by atoms with van der Waals surface area (Å²) in [5.74, 6) is -0.557. The molecule has 0 saturated heterocycles. The maximum absolute atomic E-state index is 12.7. The molecule has 7 heteroatoms. The lowest BCUT2D eigenvalue weighted by molar-refractivity contribution is -0.137. The number of fused-ring (bicyclic) bond motifs is 1. The highest BCUT2D eigenvalue weighted by atomic mass is 19.4. The number of aryl methyl sites for hydroxylation is 1. The van der Waals surface area contributed by atoms with Crippen molar-refractivity contribution in [3.05, 3.63) is 65.0 Å². The molecule has 0 atom stereocenters. The van der Waals surface area contributed by atoms with Crippen LogP contribution in [0.4, 0.5) is 13.2 Å². The quantitative estimate of drug-likeness (QED) is 0.781. The van der Waals surface area contributed by atoms with Gasteiger partial charge in [-0.2, -0.15) is 13.2 Å². The molecule has 130 valence electrons. The van der Waals surface area contributed by atoms with Crippen molar-refractivity contribution in [2.24, 2.45) is 5.73 Å². The number of nitrogens with two attached hydrogens (primary N) is 1. The third kappa shape index (κ3) is 3.22. The lowest BCUT2D eigenvalue weighted by Gasteiger charge is -2.09. The van der Waals surface area contributed by atoms with Crippen LogP contribution in [0.5, 0.6) is 0 Å². The average molecular weight is 347 g/mol. The van der Waals surface area contributed by atoms with E-state index < -0.39 is 17.6 Å². The summed E-state index contributed by atoms with van der Waals surface area (Å²) in [4.78, 5) is 16.1. The molecule has 0 unspecified atom stereocenters. The van der Waals surface area contributed by atoms with Gasteiger partial charge in [-0.1, -0.05) is 12.1 Å². The highest BCUT2D eigenvalue weighted by molar-refractivity contribution is 6.06. The minimum absolute atomic E-state index is 0.367. The maximum Gasteiger partial charge on any atom is 0.416 e. The second-order valence-electron chi connectivity index (χ2n) is 5.73. The number of carbonyl (C=O) groups excluding carboxylic acids is 1. The molecule has 1 amide bonds. The van der Waals surface area contributed by atoms with Crippen molar-refractivity contribution in [3.8, 4) is 0 Å². The number of benzene rings is 1. The fraction of sp³-hybridized carbons (Fsp3) is 0.222. The molecule has 0 bridgehead atoms. The van der Waals surface area contributed by atoms with Crippen molar-refractivity contribution < 1.29 is 18.0 Å². The molecule has 2 N–H and O–H groups in total. The van der Waals surface area contributed by atoms with Gasteiger partial charge in [0, 0.05) is 24.3 Å². The molecule has 0 aliphatic rings. The van der Waals surface area contributed by atoms with E-state index in [1.807, 2.05) is 11.5 Å². The number of hydrogen-bond acceptors (Lipinski definition) is 2. The van der Waals surface area contributed by atoms with Crippen LogP contribution < -0.4 is 5.73 Å². The molecular weight excluding hydrogens is 331 g/mol. The predicted molar refractivity (Wildman–Crippen MR) is 88.2 cm³/mol. The van der Waals surface area contributed by atoms with Gasteiger partial charge in [-0.3, -0.25) is 4.79 Å². The summed E-state index contributed by atoms with van der Waals surface area (Å²) in [6.45, 7) is 2.55. The summed E-state index contributed by atoms with van der Waals surface area (Å²) < 4.78 is 39.9. The molecule has 1 aromatic carbocycles. The number of carbonyl (C=O) groups is 1. The Bertz CT molecular complexity index is 927. The summed E-state index contributed by atoms with van der Waals surface area (Å²) in [6.07, 6.45) is -0.694. The van der Waals surface area contributed by atoms with Crippen molar-refractivity contribution in [1.82, 2.24) is 9.55 Å². The van der Waals surface area contributed by atoms with E-state index in [9.17, 15) is 18.0 Å². The highest BCUT2D eigenvalue weighted by Crippen LogP contribution is 2.30. The van der Waals surface area contributed by atoms with E-state index >= 15 is 0 Å². The zero-order valence-electron chi connectivity index (χ0n) is 13.5. The molecule has 0 aliphatic carbocycles. The van der Waals surface area contributed by atoms with Crippen molar-refractivity contribution in [2.75, 3.05) is 0 Å². The smallest absolute Gasteiger partial charge is 0.366 e. The second kappa shape index (κ2) is 6.23. The van der Waals surface area contributed by atoms with E-state index in [1.54, 1.807) is 18.5 Å². The third-order valence-electron chi connectivity index (χ3n) is 4.13. The van der Waals surface area contributed by atoms with Gasteiger partial charge in [-0.15, -0.1) is 0 Å². The van der Waals surface area contributed by atoms with Crippen molar-refractivity contribution in [2.45, 2.75) is 26.1 Å². The zero-order valence-corrected chi connectivity index (χ0v) is 13.5. The van der Waals surface area contributed by atoms with Gasteiger partial charge in [-0.25, -0.2) is 4.98 Å². The highest BCUT2D eigenvalue weighted by Gasteiger charge is 2.30. The molecule has 3 rings (SSSR count). The van der Waals surface area contributed by atoms with Gasteiger partial charge in [0.05, 0.1) is 11.1 Å². The number of aromatic nitrogens is 2. The van der Waals surface area contributed by atoms with E-state index in [-0.39, 0.29) is 0 Å². The van der Waals surface area contributed by atoms with Crippen LogP contribution in [0.25, 0.3) is 11.0 Å². The number of amides is 1. The Kier molecular flexibility index (Phi) is 4.24. The molecule has 3 aromatic rings. The topological polar surface area (TPSA) is 60.9 Å². The van der Waals surface area contributed by atoms with Crippen LogP contribution in [0, 0.1) is 0 Å². The third-order valence-corrected chi connectivity index (χ3v) is 4.13. The van der Waals surface area contributed by atoms with Gasteiger partial charge in [-0.05, 0) is 42.7 Å². The molecule has 0 fully saturated rings. The van der Waals surface area contributed by atoms with Gasteiger partial charge >= 0.3 is 6.18 Å². The minimum Gasteiger partial charge on any atom is -0.366 e. The van der Waals surface area contributed by atoms with Gasteiger partial charge in [0.15, 0.2) is 0 Å². The summed E-state index contributed by atoms with van der Waals surface area (Å²) in [5, 5.41) is 0.650. The molecule has 0 aliphatic heterocycles. The largest absolute Gasteiger partial charge is 0.416 e. The van der Waals surface area contributed by atoms with Gasteiger partial charge in [0.2, 0.25) is 0 Å². The first kappa shape index (κ1) is 17.0. The average Bonchev–Trinajstić information content (AvgIpc) is 2.94. The van der Waals surface area contributed by atoms with Crippen molar-refractivity contribution >= 4 is 16.9 Å². The summed E-state index contributed by atoms with van der Waals surface area (Å²) in [5.41, 5.74) is 7.30. The monoisotopic (exact) mass is 347 g/mol. The van der Waals surface area contributed by atoms with Gasteiger partial charge in [0.1, 0.15) is 5.65 Å². The molecule has 2 heterocycles. The lowest BCUT2D eigenvalue weighted by Crippen LogP contribution is -2.11. The van der Waals surface area contributed by atoms with Crippen LogP contribution in [0.1, 0.15) is 34.0 Å². The number of primary amides is 1. The van der Waals surface area contributed by atoms with E-state index in [4.69, 9.17) is 5.73 Å². The van der Waals surface area contributed by atoms with E-state index in [0.717, 1.165) is 17.7 Å². The summed E-state index contributed by atoms with van der Waals surface area (Å²) in [7, 11) is 0. The molecule has 25 heavy (non-hydrogen) atoms. The lowest BCUT2D eigenvalue weighted by atomic mass is 10.00. The Morgan fingerprint density at radius 1 is 1.20 bits per heavy atom. The minimum atomic E-state index is -4.36. The maximum atomic E-state index is 12.7.